The Morgan fingerprint density at radius 3 is 2.67 bits per heavy atom. The van der Waals surface area contributed by atoms with Crippen LogP contribution in [0.1, 0.15) is 16.1 Å². The van der Waals surface area contributed by atoms with Gasteiger partial charge in [-0.15, -0.1) is 11.3 Å². The third-order valence-corrected chi connectivity index (χ3v) is 8.55. The summed E-state index contributed by atoms with van der Waals surface area (Å²) >= 11 is 3.84. The number of rotatable bonds is 5. The van der Waals surface area contributed by atoms with Gasteiger partial charge in [-0.25, -0.2) is 26.4 Å². The SMILES string of the molecule is O=C(O)c1cc(S(=O)(=O)NCC2CCS(=O)(=O)C2)c(Br)s1. The second-order valence-electron chi connectivity index (χ2n) is 4.67. The number of sulfonamides is 1. The number of sulfone groups is 1. The van der Waals surface area contributed by atoms with Crippen molar-refractivity contribution in [1.82, 2.24) is 4.72 Å². The molecule has 1 aromatic heterocycles. The van der Waals surface area contributed by atoms with Gasteiger partial charge in [0.25, 0.3) is 0 Å². The molecule has 0 saturated carbocycles. The van der Waals surface area contributed by atoms with E-state index in [4.69, 9.17) is 5.11 Å². The zero-order chi connectivity index (χ0) is 15.8. The Hall–Kier alpha value is -0.490. The van der Waals surface area contributed by atoms with Crippen molar-refractivity contribution in [3.63, 3.8) is 0 Å². The smallest absolute Gasteiger partial charge is 0.345 e. The Morgan fingerprint density at radius 1 is 1.52 bits per heavy atom. The van der Waals surface area contributed by atoms with Crippen LogP contribution in [0.4, 0.5) is 0 Å². The Labute approximate surface area is 134 Å². The van der Waals surface area contributed by atoms with Crippen LogP contribution in [0.2, 0.25) is 0 Å². The molecule has 2 heterocycles. The van der Waals surface area contributed by atoms with E-state index in [9.17, 15) is 21.6 Å². The van der Waals surface area contributed by atoms with E-state index in [0.717, 1.165) is 17.4 Å². The molecule has 2 N–H and O–H groups in total. The molecule has 118 valence electrons. The van der Waals surface area contributed by atoms with E-state index in [0.29, 0.717) is 6.42 Å². The van der Waals surface area contributed by atoms with E-state index in [1.165, 1.54) is 0 Å². The van der Waals surface area contributed by atoms with Crippen LogP contribution in [-0.4, -0.2) is 46.0 Å². The minimum absolute atomic E-state index is 0.0201. The average molecular weight is 418 g/mol. The van der Waals surface area contributed by atoms with E-state index >= 15 is 0 Å². The number of carboxylic acid groups (broad SMARTS) is 1. The molecule has 0 spiro atoms. The molecule has 1 aliphatic rings. The van der Waals surface area contributed by atoms with Gasteiger partial charge in [-0.1, -0.05) is 0 Å². The highest BCUT2D eigenvalue weighted by Crippen LogP contribution is 2.31. The highest BCUT2D eigenvalue weighted by molar-refractivity contribution is 9.11. The molecular formula is C10H12BrNO6S3. The lowest BCUT2D eigenvalue weighted by atomic mass is 10.1. The van der Waals surface area contributed by atoms with Crippen LogP contribution >= 0.6 is 27.3 Å². The van der Waals surface area contributed by atoms with E-state index in [1.54, 1.807) is 0 Å². The van der Waals surface area contributed by atoms with Gasteiger partial charge in [-0.3, -0.25) is 0 Å². The molecule has 11 heteroatoms. The van der Waals surface area contributed by atoms with Crippen molar-refractivity contribution in [3.05, 3.63) is 14.7 Å². The van der Waals surface area contributed by atoms with Gasteiger partial charge in [0.15, 0.2) is 9.84 Å². The summed E-state index contributed by atoms with van der Waals surface area (Å²) in [5.74, 6) is -1.41. The Morgan fingerprint density at radius 2 is 2.19 bits per heavy atom. The third-order valence-electron chi connectivity index (χ3n) is 3.04. The topological polar surface area (TPSA) is 118 Å². The molecule has 1 atom stereocenters. The first kappa shape index (κ1) is 16.9. The molecule has 0 aliphatic carbocycles. The monoisotopic (exact) mass is 417 g/mol. The normalized spacial score (nSPS) is 21.5. The van der Waals surface area contributed by atoms with Gasteiger partial charge < -0.3 is 5.11 Å². The molecule has 0 radical (unpaired) electrons. The summed E-state index contributed by atoms with van der Waals surface area (Å²) in [5, 5.41) is 8.86. The maximum absolute atomic E-state index is 12.1. The van der Waals surface area contributed by atoms with Crippen molar-refractivity contribution < 1.29 is 26.7 Å². The number of hydrogen-bond donors (Lipinski definition) is 2. The van der Waals surface area contributed by atoms with Crippen LogP contribution in [-0.2, 0) is 19.9 Å². The number of carboxylic acids is 1. The lowest BCUT2D eigenvalue weighted by molar-refractivity contribution is 0.0702. The van der Waals surface area contributed by atoms with Crippen LogP contribution in [0.15, 0.2) is 14.7 Å². The number of thiophene rings is 1. The van der Waals surface area contributed by atoms with E-state index < -0.39 is 25.8 Å². The summed E-state index contributed by atoms with van der Waals surface area (Å²) in [6.45, 7) is 0.0201. The zero-order valence-corrected chi connectivity index (χ0v) is 14.6. The highest BCUT2D eigenvalue weighted by atomic mass is 79.9. The lowest BCUT2D eigenvalue weighted by Crippen LogP contribution is -2.29. The van der Waals surface area contributed by atoms with Crippen molar-refractivity contribution in [3.8, 4) is 0 Å². The average Bonchev–Trinajstić information content (AvgIpc) is 2.90. The number of halogens is 1. The van der Waals surface area contributed by atoms with E-state index in [-0.39, 0.29) is 37.5 Å². The summed E-state index contributed by atoms with van der Waals surface area (Å²) in [6, 6.07) is 1.07. The fraction of sp³-hybridized carbons (Fsp3) is 0.500. The lowest BCUT2D eigenvalue weighted by Gasteiger charge is -2.09. The second kappa shape index (κ2) is 5.95. The van der Waals surface area contributed by atoms with E-state index in [1.807, 2.05) is 0 Å². The molecular weight excluding hydrogens is 406 g/mol. The van der Waals surface area contributed by atoms with Crippen molar-refractivity contribution in [2.75, 3.05) is 18.1 Å². The molecule has 2 rings (SSSR count). The maximum Gasteiger partial charge on any atom is 0.345 e. The minimum atomic E-state index is -3.87. The second-order valence-corrected chi connectivity index (χ2v) is 11.0. The quantitative estimate of drug-likeness (QED) is 0.735. The maximum atomic E-state index is 12.1. The van der Waals surface area contributed by atoms with Gasteiger partial charge >= 0.3 is 5.97 Å². The Kier molecular flexibility index (Phi) is 4.78. The number of carbonyl (C=O) groups is 1. The molecule has 0 bridgehead atoms. The molecule has 1 aromatic rings. The molecule has 21 heavy (non-hydrogen) atoms. The summed E-state index contributed by atoms with van der Waals surface area (Å²) in [4.78, 5) is 10.6. The summed E-state index contributed by atoms with van der Waals surface area (Å²) < 4.78 is 49.4. The van der Waals surface area contributed by atoms with Gasteiger partial charge in [-0.05, 0) is 34.3 Å². The van der Waals surface area contributed by atoms with Gasteiger partial charge in [-0.2, -0.15) is 0 Å². The summed E-state index contributed by atoms with van der Waals surface area (Å²) in [5.41, 5.74) is 0. The third kappa shape index (κ3) is 4.03. The fourth-order valence-corrected chi connectivity index (χ4v) is 7.36. The first-order valence-corrected chi connectivity index (χ1v) is 10.7. The van der Waals surface area contributed by atoms with Crippen LogP contribution < -0.4 is 4.72 Å². The summed E-state index contributed by atoms with van der Waals surface area (Å²) in [6.07, 6.45) is 0.427. The summed E-state index contributed by atoms with van der Waals surface area (Å²) in [7, 11) is -6.94. The molecule has 0 amide bonds. The Bertz CT molecular complexity index is 767. The number of hydrogen-bond acceptors (Lipinski definition) is 6. The van der Waals surface area contributed by atoms with Crippen LogP contribution in [0.3, 0.4) is 0 Å². The largest absolute Gasteiger partial charge is 0.477 e. The van der Waals surface area contributed by atoms with Gasteiger partial charge in [0.1, 0.15) is 9.77 Å². The first-order valence-electron chi connectivity index (χ1n) is 5.83. The van der Waals surface area contributed by atoms with Crippen LogP contribution in [0.25, 0.3) is 0 Å². The first-order chi connectivity index (χ1) is 9.61. The van der Waals surface area contributed by atoms with Gasteiger partial charge in [0.05, 0.1) is 15.3 Å². The standard InChI is InChI=1S/C10H12BrNO6S3/c11-9-8(3-7(19-9)10(13)14)21(17,18)12-4-6-1-2-20(15,16)5-6/h3,6,12H,1-2,4-5H2,(H,13,14). The van der Waals surface area contributed by atoms with Gasteiger partial charge in [0.2, 0.25) is 10.0 Å². The molecule has 7 nitrogen and oxygen atoms in total. The van der Waals surface area contributed by atoms with Crippen LogP contribution in [0, 0.1) is 5.92 Å². The van der Waals surface area contributed by atoms with Crippen LogP contribution in [0.5, 0.6) is 0 Å². The highest BCUT2D eigenvalue weighted by Gasteiger charge is 2.30. The van der Waals surface area contributed by atoms with Crippen molar-refractivity contribution in [2.24, 2.45) is 5.92 Å². The number of nitrogens with one attached hydrogen (secondary N) is 1. The predicted molar refractivity (Wildman–Crippen MR) is 80.9 cm³/mol. The Balaban J connectivity index is 2.10. The molecule has 1 unspecified atom stereocenters. The van der Waals surface area contributed by atoms with Crippen molar-refractivity contribution >= 4 is 53.1 Å². The van der Waals surface area contributed by atoms with Crippen molar-refractivity contribution in [1.29, 1.82) is 0 Å². The molecule has 1 fully saturated rings. The van der Waals surface area contributed by atoms with Gasteiger partial charge in [0, 0.05) is 6.54 Å². The molecule has 1 saturated heterocycles. The minimum Gasteiger partial charge on any atom is -0.477 e. The van der Waals surface area contributed by atoms with Crippen molar-refractivity contribution in [2.45, 2.75) is 11.3 Å². The zero-order valence-electron chi connectivity index (χ0n) is 10.6. The molecule has 0 aromatic carbocycles. The number of aromatic carboxylic acids is 1. The molecule has 1 aliphatic heterocycles. The van der Waals surface area contributed by atoms with E-state index in [2.05, 4.69) is 20.7 Å². The predicted octanol–water partition coefficient (Wildman–Crippen LogP) is 0.922. The fourth-order valence-electron chi connectivity index (χ4n) is 1.98.